The van der Waals surface area contributed by atoms with Gasteiger partial charge in [-0.25, -0.2) is 17.2 Å². The summed E-state index contributed by atoms with van der Waals surface area (Å²) in [6, 6.07) is 7.23. The van der Waals surface area contributed by atoms with Crippen LogP contribution in [0.25, 0.3) is 0 Å². The zero-order chi connectivity index (χ0) is 19.8. The van der Waals surface area contributed by atoms with Crippen molar-refractivity contribution in [3.05, 3.63) is 58.1 Å². The summed E-state index contributed by atoms with van der Waals surface area (Å²) in [5, 5.41) is 14.1. The Morgan fingerprint density at radius 1 is 1.22 bits per heavy atom. The van der Waals surface area contributed by atoms with Crippen LogP contribution in [0, 0.1) is 21.7 Å². The van der Waals surface area contributed by atoms with Crippen molar-refractivity contribution in [3.63, 3.8) is 0 Å². The van der Waals surface area contributed by atoms with Crippen LogP contribution in [0.5, 0.6) is 0 Å². The van der Waals surface area contributed by atoms with E-state index in [0.717, 1.165) is 12.3 Å². The average Bonchev–Trinajstić information content (AvgIpc) is 3.01. The molecule has 0 radical (unpaired) electrons. The van der Waals surface area contributed by atoms with Crippen LogP contribution in [0.2, 0.25) is 0 Å². The topological polar surface area (TPSA) is 92.6 Å². The van der Waals surface area contributed by atoms with Gasteiger partial charge in [0, 0.05) is 37.1 Å². The second kappa shape index (κ2) is 7.10. The normalized spacial score (nSPS) is 17.1. The first-order valence-electron chi connectivity index (χ1n) is 8.11. The Hall–Kier alpha value is -2.75. The molecule has 1 atom stereocenters. The Balaban J connectivity index is 1.80. The van der Waals surface area contributed by atoms with Crippen molar-refractivity contribution in [1.29, 1.82) is 0 Å². The summed E-state index contributed by atoms with van der Waals surface area (Å²) in [4.78, 5) is 11.5. The van der Waals surface area contributed by atoms with E-state index in [1.807, 2.05) is 0 Å². The highest BCUT2D eigenvalue weighted by atomic mass is 32.2. The van der Waals surface area contributed by atoms with E-state index in [-0.39, 0.29) is 16.6 Å². The van der Waals surface area contributed by atoms with Crippen molar-refractivity contribution in [2.24, 2.45) is 0 Å². The monoisotopic (exact) mass is 397 g/mol. The molecule has 1 fully saturated rings. The Kier molecular flexibility index (Phi) is 5.01. The average molecular weight is 397 g/mol. The zero-order valence-corrected chi connectivity index (χ0v) is 15.2. The first-order chi connectivity index (χ1) is 12.7. The van der Waals surface area contributed by atoms with E-state index in [0.29, 0.717) is 25.2 Å². The number of benzene rings is 2. The van der Waals surface area contributed by atoms with Gasteiger partial charge in [0.05, 0.1) is 4.92 Å². The third kappa shape index (κ3) is 4.00. The number of para-hydroxylation sites is 1. The molecule has 1 heterocycles. The van der Waals surface area contributed by atoms with Gasteiger partial charge in [0.1, 0.15) is 22.2 Å². The maximum atomic E-state index is 13.9. The molecule has 1 aliphatic rings. The number of hydrogen-bond donors (Lipinski definition) is 1. The lowest BCUT2D eigenvalue weighted by atomic mass is 10.2. The van der Waals surface area contributed by atoms with Crippen molar-refractivity contribution in [2.45, 2.75) is 17.4 Å². The standard InChI is InChI=1S/C17H17F2N3O4S/c1-27(25,26)16-9-11(5-6-15(16)22(23)24)20-12-7-8-21(10-12)17-13(18)3-2-4-14(17)19/h2-6,9,12,20H,7-8,10H2,1H3. The molecular weight excluding hydrogens is 380 g/mol. The maximum Gasteiger partial charge on any atom is 0.288 e. The number of nitrogens with zero attached hydrogens (tertiary/aromatic N) is 2. The van der Waals surface area contributed by atoms with Crippen molar-refractivity contribution in [2.75, 3.05) is 29.6 Å². The molecule has 0 saturated carbocycles. The highest BCUT2D eigenvalue weighted by molar-refractivity contribution is 7.90. The number of hydrogen-bond acceptors (Lipinski definition) is 6. The van der Waals surface area contributed by atoms with Crippen LogP contribution in [0.15, 0.2) is 41.3 Å². The highest BCUT2D eigenvalue weighted by Gasteiger charge is 2.28. The first-order valence-corrected chi connectivity index (χ1v) is 10.00. The number of sulfone groups is 1. The van der Waals surface area contributed by atoms with E-state index in [2.05, 4.69) is 5.32 Å². The molecule has 2 aromatic rings. The van der Waals surface area contributed by atoms with Gasteiger partial charge in [0.15, 0.2) is 9.84 Å². The van der Waals surface area contributed by atoms with Gasteiger partial charge in [-0.3, -0.25) is 10.1 Å². The van der Waals surface area contributed by atoms with Crippen molar-refractivity contribution in [1.82, 2.24) is 0 Å². The summed E-state index contributed by atoms with van der Waals surface area (Å²) in [5.74, 6) is -1.30. The zero-order valence-electron chi connectivity index (χ0n) is 14.4. The molecule has 1 unspecified atom stereocenters. The molecule has 3 rings (SSSR count). The lowest BCUT2D eigenvalue weighted by molar-refractivity contribution is -0.387. The Morgan fingerprint density at radius 2 is 1.89 bits per heavy atom. The first kappa shape index (κ1) is 19.0. The van der Waals surface area contributed by atoms with Gasteiger partial charge in [-0.1, -0.05) is 6.07 Å². The molecule has 1 saturated heterocycles. The fraction of sp³-hybridized carbons (Fsp3) is 0.294. The van der Waals surface area contributed by atoms with Crippen LogP contribution in [-0.4, -0.2) is 38.7 Å². The van der Waals surface area contributed by atoms with Gasteiger partial charge in [0.2, 0.25) is 0 Å². The summed E-state index contributed by atoms with van der Waals surface area (Å²) in [6.45, 7) is 0.727. The second-order valence-corrected chi connectivity index (χ2v) is 8.34. The summed E-state index contributed by atoms with van der Waals surface area (Å²) in [7, 11) is -3.79. The minimum absolute atomic E-state index is 0.0951. The van der Waals surface area contributed by atoms with Crippen molar-refractivity contribution in [3.8, 4) is 0 Å². The van der Waals surface area contributed by atoms with Gasteiger partial charge in [0.25, 0.3) is 5.69 Å². The van der Waals surface area contributed by atoms with Crippen LogP contribution in [0.1, 0.15) is 6.42 Å². The summed E-state index contributed by atoms with van der Waals surface area (Å²) >= 11 is 0. The molecule has 1 aliphatic heterocycles. The third-order valence-electron chi connectivity index (χ3n) is 4.37. The van der Waals surface area contributed by atoms with Crippen LogP contribution >= 0.6 is 0 Å². The molecule has 0 spiro atoms. The quantitative estimate of drug-likeness (QED) is 0.616. The van der Waals surface area contributed by atoms with E-state index in [4.69, 9.17) is 0 Å². The SMILES string of the molecule is CS(=O)(=O)c1cc(NC2CCN(c3c(F)cccc3F)C2)ccc1[N+](=O)[O-]. The fourth-order valence-electron chi connectivity index (χ4n) is 3.16. The molecule has 0 aliphatic carbocycles. The second-order valence-electron chi connectivity index (χ2n) is 6.36. The lowest BCUT2D eigenvalue weighted by Gasteiger charge is -2.20. The Labute approximate surface area is 154 Å². The summed E-state index contributed by atoms with van der Waals surface area (Å²) < 4.78 is 51.5. The molecule has 1 N–H and O–H groups in total. The minimum Gasteiger partial charge on any atom is -0.380 e. The lowest BCUT2D eigenvalue weighted by Crippen LogP contribution is -2.27. The molecule has 2 aromatic carbocycles. The molecule has 7 nitrogen and oxygen atoms in total. The van der Waals surface area contributed by atoms with Gasteiger partial charge >= 0.3 is 0 Å². The molecule has 0 aromatic heterocycles. The number of nitro benzene ring substituents is 1. The highest BCUT2D eigenvalue weighted by Crippen LogP contribution is 2.30. The molecule has 144 valence electrons. The van der Waals surface area contributed by atoms with Gasteiger partial charge in [-0.05, 0) is 30.7 Å². The minimum atomic E-state index is -3.79. The molecule has 0 amide bonds. The number of halogens is 2. The van der Waals surface area contributed by atoms with E-state index in [1.165, 1.54) is 30.3 Å². The van der Waals surface area contributed by atoms with E-state index in [9.17, 15) is 27.3 Å². The largest absolute Gasteiger partial charge is 0.380 e. The third-order valence-corrected chi connectivity index (χ3v) is 5.49. The van der Waals surface area contributed by atoms with E-state index < -0.39 is 32.1 Å². The number of anilines is 2. The van der Waals surface area contributed by atoms with Crippen LogP contribution in [0.4, 0.5) is 25.8 Å². The van der Waals surface area contributed by atoms with Crippen molar-refractivity contribution < 1.29 is 22.1 Å². The number of nitrogens with one attached hydrogen (secondary N) is 1. The Bertz CT molecular complexity index is 977. The maximum absolute atomic E-state index is 13.9. The number of rotatable bonds is 5. The Morgan fingerprint density at radius 3 is 2.48 bits per heavy atom. The van der Waals surface area contributed by atoms with Gasteiger partial charge in [-0.15, -0.1) is 0 Å². The molecule has 27 heavy (non-hydrogen) atoms. The molecule has 0 bridgehead atoms. The predicted octanol–water partition coefficient (Wildman–Crippen LogP) is 2.97. The van der Waals surface area contributed by atoms with Crippen LogP contribution < -0.4 is 10.2 Å². The van der Waals surface area contributed by atoms with Crippen LogP contribution in [-0.2, 0) is 9.84 Å². The van der Waals surface area contributed by atoms with Crippen LogP contribution in [0.3, 0.4) is 0 Å². The molecular formula is C17H17F2N3O4S. The molecule has 10 heteroatoms. The van der Waals surface area contributed by atoms with E-state index >= 15 is 0 Å². The van der Waals surface area contributed by atoms with Gasteiger partial charge in [-0.2, -0.15) is 0 Å². The van der Waals surface area contributed by atoms with E-state index in [1.54, 1.807) is 4.90 Å². The number of nitro groups is 1. The van der Waals surface area contributed by atoms with Gasteiger partial charge < -0.3 is 10.2 Å². The summed E-state index contributed by atoms with van der Waals surface area (Å²) in [6.07, 6.45) is 1.47. The van der Waals surface area contributed by atoms with Crippen molar-refractivity contribution >= 4 is 26.9 Å². The fourth-order valence-corrected chi connectivity index (χ4v) is 4.02. The smallest absolute Gasteiger partial charge is 0.288 e. The summed E-state index contributed by atoms with van der Waals surface area (Å²) in [5.41, 5.74) is -0.200. The predicted molar refractivity (Wildman–Crippen MR) is 96.8 cm³/mol.